The Bertz CT molecular complexity index is 1000. The van der Waals surface area contributed by atoms with Crippen LogP contribution in [-0.4, -0.2) is 31.8 Å². The molecule has 31 heavy (non-hydrogen) atoms. The molecule has 0 aliphatic heterocycles. The number of aryl methyl sites for hydroxylation is 1. The molecule has 3 rings (SSSR count). The molecule has 0 unspecified atom stereocenters. The Morgan fingerprint density at radius 2 is 1.77 bits per heavy atom. The summed E-state index contributed by atoms with van der Waals surface area (Å²) >= 11 is 1.11. The molecule has 0 saturated heterocycles. The molecule has 0 fully saturated rings. The number of carbonyl (C=O) groups excluding carboxylic acids is 2. The summed E-state index contributed by atoms with van der Waals surface area (Å²) in [4.78, 5) is 28.6. The zero-order valence-corrected chi connectivity index (χ0v) is 19.1. The molecule has 1 heterocycles. The number of aromatic nitrogens is 2. The first-order chi connectivity index (χ1) is 14.8. The lowest BCUT2D eigenvalue weighted by Crippen LogP contribution is -2.50. The zero-order valence-electron chi connectivity index (χ0n) is 18.3. The van der Waals surface area contributed by atoms with Crippen LogP contribution >= 0.6 is 11.5 Å². The molecule has 3 aromatic rings. The van der Waals surface area contributed by atoms with E-state index in [1.807, 2.05) is 82.3 Å². The highest BCUT2D eigenvalue weighted by atomic mass is 32.1. The van der Waals surface area contributed by atoms with Crippen molar-refractivity contribution in [1.82, 2.24) is 19.8 Å². The minimum absolute atomic E-state index is 0.221. The zero-order chi connectivity index (χ0) is 22.4. The number of carbonyl (C=O) groups is 2. The van der Waals surface area contributed by atoms with Gasteiger partial charge in [-0.1, -0.05) is 71.6 Å². The van der Waals surface area contributed by atoms with E-state index in [0.29, 0.717) is 0 Å². The van der Waals surface area contributed by atoms with Gasteiger partial charge in [-0.2, -0.15) is 0 Å². The van der Waals surface area contributed by atoms with Crippen molar-refractivity contribution in [3.05, 3.63) is 82.4 Å². The monoisotopic (exact) mass is 436 g/mol. The van der Waals surface area contributed by atoms with Gasteiger partial charge in [0.25, 0.3) is 5.91 Å². The van der Waals surface area contributed by atoms with E-state index < -0.39 is 11.6 Å². The molecule has 0 saturated carbocycles. The summed E-state index contributed by atoms with van der Waals surface area (Å²) < 4.78 is 3.84. The van der Waals surface area contributed by atoms with Crippen molar-refractivity contribution < 1.29 is 9.59 Å². The maximum absolute atomic E-state index is 13.5. The van der Waals surface area contributed by atoms with Crippen molar-refractivity contribution in [2.75, 3.05) is 0 Å². The van der Waals surface area contributed by atoms with Crippen LogP contribution in [0.25, 0.3) is 0 Å². The Morgan fingerprint density at radius 3 is 2.35 bits per heavy atom. The lowest BCUT2D eigenvalue weighted by molar-refractivity contribution is -0.127. The Labute approximate surface area is 187 Å². The van der Waals surface area contributed by atoms with Crippen molar-refractivity contribution in [1.29, 1.82) is 0 Å². The summed E-state index contributed by atoms with van der Waals surface area (Å²) in [5.41, 5.74) is 2.65. The number of hydrogen-bond acceptors (Lipinski definition) is 5. The maximum Gasteiger partial charge on any atom is 0.276 e. The second-order valence-electron chi connectivity index (χ2n) is 8.25. The maximum atomic E-state index is 13.5. The highest BCUT2D eigenvalue weighted by Crippen LogP contribution is 2.27. The first kappa shape index (κ1) is 22.6. The van der Waals surface area contributed by atoms with E-state index in [-0.39, 0.29) is 24.1 Å². The van der Waals surface area contributed by atoms with Crippen LogP contribution < -0.4 is 5.32 Å². The Hall–Kier alpha value is -3.06. The molecule has 2 amide bonds. The van der Waals surface area contributed by atoms with E-state index in [2.05, 4.69) is 14.9 Å². The standard InChI is InChI=1S/C24H28N4O2S/c1-5-24(3,4)25-22(29)21(19-9-7-6-8-10-19)28(23(30)20-16-31-27-26-20)15-18-13-11-17(2)12-14-18/h6-14,16,21H,5,15H2,1-4H3,(H,25,29)/t21-/m1/s1. The minimum atomic E-state index is -0.803. The van der Waals surface area contributed by atoms with E-state index >= 15 is 0 Å². The van der Waals surface area contributed by atoms with Crippen molar-refractivity contribution in [2.24, 2.45) is 0 Å². The molecule has 0 aliphatic rings. The second-order valence-corrected chi connectivity index (χ2v) is 8.86. The van der Waals surface area contributed by atoms with Crippen molar-refractivity contribution in [3.8, 4) is 0 Å². The summed E-state index contributed by atoms with van der Waals surface area (Å²) in [5.74, 6) is -0.547. The van der Waals surface area contributed by atoms with Crippen molar-refractivity contribution >= 4 is 23.3 Å². The fourth-order valence-corrected chi connectivity index (χ4v) is 3.60. The number of hydrogen-bond donors (Lipinski definition) is 1. The highest BCUT2D eigenvalue weighted by Gasteiger charge is 2.35. The number of nitrogens with one attached hydrogen (secondary N) is 1. The van der Waals surface area contributed by atoms with Gasteiger partial charge in [0.2, 0.25) is 5.91 Å². The van der Waals surface area contributed by atoms with Crippen LogP contribution in [0.15, 0.2) is 60.0 Å². The van der Waals surface area contributed by atoms with Crippen LogP contribution in [0.1, 0.15) is 60.4 Å². The second kappa shape index (κ2) is 9.83. The van der Waals surface area contributed by atoms with E-state index in [1.165, 1.54) is 0 Å². The number of amides is 2. The van der Waals surface area contributed by atoms with E-state index in [9.17, 15) is 9.59 Å². The number of nitrogens with zero attached hydrogens (tertiary/aromatic N) is 3. The summed E-state index contributed by atoms with van der Waals surface area (Å²) in [6.45, 7) is 8.26. The van der Waals surface area contributed by atoms with Crippen LogP contribution in [0.2, 0.25) is 0 Å². The number of rotatable bonds is 8. The molecule has 1 atom stereocenters. The van der Waals surface area contributed by atoms with Gasteiger partial charge in [-0.05, 0) is 49.9 Å². The lowest BCUT2D eigenvalue weighted by Gasteiger charge is -2.34. The molecule has 0 bridgehead atoms. The van der Waals surface area contributed by atoms with E-state index in [4.69, 9.17) is 0 Å². The first-order valence-corrected chi connectivity index (χ1v) is 11.1. The van der Waals surface area contributed by atoms with Gasteiger partial charge in [-0.25, -0.2) is 0 Å². The third-order valence-electron chi connectivity index (χ3n) is 5.33. The molecule has 0 radical (unpaired) electrons. The molecule has 6 nitrogen and oxygen atoms in total. The van der Waals surface area contributed by atoms with Gasteiger partial charge in [0.05, 0.1) is 0 Å². The van der Waals surface area contributed by atoms with Crippen LogP contribution in [-0.2, 0) is 11.3 Å². The van der Waals surface area contributed by atoms with Gasteiger partial charge in [0.15, 0.2) is 5.69 Å². The van der Waals surface area contributed by atoms with Crippen LogP contribution in [0.4, 0.5) is 0 Å². The fraction of sp³-hybridized carbons (Fsp3) is 0.333. The topological polar surface area (TPSA) is 75.2 Å². The van der Waals surface area contributed by atoms with Gasteiger partial charge in [0.1, 0.15) is 6.04 Å². The van der Waals surface area contributed by atoms with Crippen LogP contribution in [0.5, 0.6) is 0 Å². The van der Waals surface area contributed by atoms with E-state index in [1.54, 1.807) is 10.3 Å². The van der Waals surface area contributed by atoms with Gasteiger partial charge in [-0.3, -0.25) is 9.59 Å². The lowest BCUT2D eigenvalue weighted by atomic mass is 9.98. The quantitative estimate of drug-likeness (QED) is 0.563. The van der Waals surface area contributed by atoms with Crippen molar-refractivity contribution in [2.45, 2.75) is 52.2 Å². The predicted octanol–water partition coefficient (Wildman–Crippen LogP) is 4.54. The van der Waals surface area contributed by atoms with Gasteiger partial charge in [-0.15, -0.1) is 5.10 Å². The van der Waals surface area contributed by atoms with Gasteiger partial charge < -0.3 is 10.2 Å². The fourth-order valence-electron chi connectivity index (χ4n) is 3.17. The molecule has 2 aromatic carbocycles. The van der Waals surface area contributed by atoms with Crippen LogP contribution in [0, 0.1) is 6.92 Å². The van der Waals surface area contributed by atoms with Crippen LogP contribution in [0.3, 0.4) is 0 Å². The molecule has 0 aliphatic carbocycles. The molecule has 162 valence electrons. The molecule has 7 heteroatoms. The highest BCUT2D eigenvalue weighted by molar-refractivity contribution is 7.03. The summed E-state index contributed by atoms with van der Waals surface area (Å²) in [6.07, 6.45) is 0.766. The SMILES string of the molecule is CCC(C)(C)NC(=O)[C@@H](c1ccccc1)N(Cc1ccc(C)cc1)C(=O)c1csnn1. The average molecular weight is 437 g/mol. The Balaban J connectivity index is 2.05. The van der Waals surface area contributed by atoms with Gasteiger partial charge in [0, 0.05) is 17.5 Å². The molecule has 1 aromatic heterocycles. The molecule has 1 N–H and O–H groups in total. The average Bonchev–Trinajstić information content (AvgIpc) is 3.29. The predicted molar refractivity (Wildman–Crippen MR) is 123 cm³/mol. The summed E-state index contributed by atoms with van der Waals surface area (Å²) in [7, 11) is 0. The molecular weight excluding hydrogens is 408 g/mol. The number of benzene rings is 2. The summed E-state index contributed by atoms with van der Waals surface area (Å²) in [6, 6.07) is 16.5. The van der Waals surface area contributed by atoms with Gasteiger partial charge >= 0.3 is 0 Å². The minimum Gasteiger partial charge on any atom is -0.349 e. The first-order valence-electron chi connectivity index (χ1n) is 10.3. The smallest absolute Gasteiger partial charge is 0.276 e. The normalized spacial score (nSPS) is 12.3. The van der Waals surface area contributed by atoms with Crippen molar-refractivity contribution in [3.63, 3.8) is 0 Å². The Kier molecular flexibility index (Phi) is 7.17. The third kappa shape index (κ3) is 5.76. The Morgan fingerprint density at radius 1 is 1.10 bits per heavy atom. The third-order valence-corrected chi connectivity index (χ3v) is 5.84. The largest absolute Gasteiger partial charge is 0.349 e. The van der Waals surface area contributed by atoms with E-state index in [0.717, 1.165) is 34.6 Å². The summed E-state index contributed by atoms with van der Waals surface area (Å²) in [5, 5.41) is 8.69. The molecular formula is C24H28N4O2S. The molecule has 0 spiro atoms.